The minimum absolute atomic E-state index is 0.184. The lowest BCUT2D eigenvalue weighted by Gasteiger charge is -2.35. The van der Waals surface area contributed by atoms with Gasteiger partial charge in [-0.2, -0.15) is 0 Å². The number of ether oxygens (including phenoxy) is 4. The van der Waals surface area contributed by atoms with Gasteiger partial charge in [-0.1, -0.05) is 38.8 Å². The number of hydrogen-bond acceptors (Lipinski definition) is 4. The quantitative estimate of drug-likeness (QED) is 0.678. The summed E-state index contributed by atoms with van der Waals surface area (Å²) in [5, 5.41) is 0. The van der Waals surface area contributed by atoms with Crippen LogP contribution in [0.2, 0.25) is 0 Å². The summed E-state index contributed by atoms with van der Waals surface area (Å²) in [6.07, 6.45) is 8.54. The average molecular weight is 365 g/mol. The lowest BCUT2D eigenvalue weighted by atomic mass is 9.87. The lowest BCUT2D eigenvalue weighted by Crippen LogP contribution is -2.38. The summed E-state index contributed by atoms with van der Waals surface area (Å²) < 4.78 is 24.2. The van der Waals surface area contributed by atoms with Crippen molar-refractivity contribution in [2.45, 2.75) is 70.8 Å². The molecule has 26 heavy (non-hydrogen) atoms. The van der Waals surface area contributed by atoms with Crippen LogP contribution in [0.1, 0.15) is 65.2 Å². The summed E-state index contributed by atoms with van der Waals surface area (Å²) in [6.45, 7) is 7.81. The maximum atomic E-state index is 6.70. The van der Waals surface area contributed by atoms with Gasteiger partial charge in [0.25, 0.3) is 0 Å². The summed E-state index contributed by atoms with van der Waals surface area (Å²) >= 11 is 0. The highest BCUT2D eigenvalue weighted by molar-refractivity contribution is 5.40. The fraction of sp³-hybridized carbons (Fsp3) is 0.727. The van der Waals surface area contributed by atoms with Crippen molar-refractivity contribution in [3.8, 4) is 11.5 Å². The van der Waals surface area contributed by atoms with Gasteiger partial charge < -0.3 is 18.9 Å². The third-order valence-corrected chi connectivity index (χ3v) is 4.91. The highest BCUT2D eigenvalue weighted by Crippen LogP contribution is 2.36. The number of hydrogen-bond donors (Lipinski definition) is 0. The normalized spacial score (nSPS) is 18.8. The third-order valence-electron chi connectivity index (χ3n) is 4.91. The molecule has 4 nitrogen and oxygen atoms in total. The predicted octanol–water partition coefficient (Wildman–Crippen LogP) is 5.39. The first-order chi connectivity index (χ1) is 12.8. The predicted molar refractivity (Wildman–Crippen MR) is 105 cm³/mol. The summed E-state index contributed by atoms with van der Waals surface area (Å²) in [5.41, 5.74) is -0.184. The molecule has 0 unspecified atom stereocenters. The Bertz CT molecular complexity index is 481. The average Bonchev–Trinajstić information content (AvgIpc) is 2.67. The summed E-state index contributed by atoms with van der Waals surface area (Å²) in [6, 6.07) is 8.06. The molecule has 0 bridgehead atoms. The molecular formula is C22H36O4. The van der Waals surface area contributed by atoms with Crippen LogP contribution in [0.4, 0.5) is 0 Å². The smallest absolute Gasteiger partial charge is 0.162 e. The molecule has 2 rings (SSSR count). The van der Waals surface area contributed by atoms with Gasteiger partial charge in [-0.05, 0) is 37.8 Å². The van der Waals surface area contributed by atoms with Crippen molar-refractivity contribution in [2.24, 2.45) is 0 Å². The lowest BCUT2D eigenvalue weighted by molar-refractivity contribution is -0.0131. The second kappa shape index (κ2) is 12.2. The number of rotatable bonds is 6. The van der Waals surface area contributed by atoms with Gasteiger partial charge in [0.15, 0.2) is 11.5 Å². The first kappa shape index (κ1) is 21.0. The van der Waals surface area contributed by atoms with Crippen molar-refractivity contribution in [3.63, 3.8) is 0 Å². The van der Waals surface area contributed by atoms with Crippen LogP contribution >= 0.6 is 0 Å². The molecule has 0 aromatic heterocycles. The van der Waals surface area contributed by atoms with Crippen molar-refractivity contribution in [1.29, 1.82) is 0 Å². The van der Waals surface area contributed by atoms with E-state index in [0.717, 1.165) is 50.0 Å². The Balaban J connectivity index is 2.22. The number of para-hydroxylation sites is 2. The van der Waals surface area contributed by atoms with E-state index in [9.17, 15) is 0 Å². The van der Waals surface area contributed by atoms with E-state index in [4.69, 9.17) is 18.9 Å². The summed E-state index contributed by atoms with van der Waals surface area (Å²) in [4.78, 5) is 0. The van der Waals surface area contributed by atoms with E-state index in [1.54, 1.807) is 0 Å². The molecule has 4 heteroatoms. The molecule has 0 amide bonds. The molecule has 148 valence electrons. The highest BCUT2D eigenvalue weighted by Gasteiger charge is 2.32. The van der Waals surface area contributed by atoms with Gasteiger partial charge in [0.2, 0.25) is 0 Å². The molecule has 0 saturated heterocycles. The van der Waals surface area contributed by atoms with E-state index in [0.29, 0.717) is 33.0 Å². The molecule has 0 aliphatic carbocycles. The Hall–Kier alpha value is -1.26. The Morgan fingerprint density at radius 2 is 1.46 bits per heavy atom. The first-order valence-corrected chi connectivity index (χ1v) is 10.4. The van der Waals surface area contributed by atoms with Gasteiger partial charge in [0.1, 0.15) is 5.60 Å². The Labute approximate surface area is 159 Å². The van der Waals surface area contributed by atoms with Crippen LogP contribution in [0.5, 0.6) is 11.5 Å². The van der Waals surface area contributed by atoms with Crippen LogP contribution in [0.3, 0.4) is 0 Å². The van der Waals surface area contributed by atoms with E-state index < -0.39 is 0 Å². The summed E-state index contributed by atoms with van der Waals surface area (Å²) in [7, 11) is 0. The van der Waals surface area contributed by atoms with Gasteiger partial charge in [0.05, 0.1) is 26.4 Å². The molecule has 1 aliphatic heterocycles. The van der Waals surface area contributed by atoms with Crippen LogP contribution in [0, 0.1) is 0 Å². The van der Waals surface area contributed by atoms with E-state index in [2.05, 4.69) is 13.8 Å². The van der Waals surface area contributed by atoms with Gasteiger partial charge >= 0.3 is 0 Å². The zero-order chi connectivity index (χ0) is 18.5. The molecular weight excluding hydrogens is 328 g/mol. The topological polar surface area (TPSA) is 36.9 Å². The zero-order valence-corrected chi connectivity index (χ0v) is 16.6. The molecule has 1 heterocycles. The Morgan fingerprint density at radius 1 is 0.808 bits per heavy atom. The van der Waals surface area contributed by atoms with E-state index in [1.807, 2.05) is 24.3 Å². The largest absolute Gasteiger partial charge is 0.490 e. The van der Waals surface area contributed by atoms with Gasteiger partial charge in [-0.15, -0.1) is 0 Å². The molecule has 0 fully saturated rings. The molecule has 0 N–H and O–H groups in total. The second-order valence-corrected chi connectivity index (χ2v) is 7.12. The van der Waals surface area contributed by atoms with Gasteiger partial charge in [-0.3, -0.25) is 0 Å². The van der Waals surface area contributed by atoms with Crippen molar-refractivity contribution in [1.82, 2.24) is 0 Å². The molecule has 1 aromatic rings. The SMILES string of the molecule is CCCCC1(CCCC)CCOCCOCCCOc2ccccc2O1. The van der Waals surface area contributed by atoms with Crippen LogP contribution in [-0.2, 0) is 9.47 Å². The van der Waals surface area contributed by atoms with Crippen LogP contribution in [0.25, 0.3) is 0 Å². The minimum atomic E-state index is -0.184. The molecule has 0 atom stereocenters. The van der Waals surface area contributed by atoms with Crippen molar-refractivity contribution in [3.05, 3.63) is 24.3 Å². The maximum Gasteiger partial charge on any atom is 0.162 e. The Kier molecular flexibility index (Phi) is 9.86. The molecule has 1 aliphatic rings. The molecule has 1 aromatic carbocycles. The maximum absolute atomic E-state index is 6.70. The first-order valence-electron chi connectivity index (χ1n) is 10.4. The fourth-order valence-electron chi connectivity index (χ4n) is 3.34. The van der Waals surface area contributed by atoms with Crippen molar-refractivity contribution in [2.75, 3.05) is 33.0 Å². The molecule has 0 spiro atoms. The number of unbranched alkanes of at least 4 members (excludes halogenated alkanes) is 2. The number of benzene rings is 1. The summed E-state index contributed by atoms with van der Waals surface area (Å²) in [5.74, 6) is 1.69. The van der Waals surface area contributed by atoms with Crippen LogP contribution in [0.15, 0.2) is 24.3 Å². The van der Waals surface area contributed by atoms with E-state index >= 15 is 0 Å². The molecule has 0 radical (unpaired) electrons. The van der Waals surface area contributed by atoms with Crippen molar-refractivity contribution >= 4 is 0 Å². The monoisotopic (exact) mass is 364 g/mol. The third kappa shape index (κ3) is 7.16. The van der Waals surface area contributed by atoms with Crippen LogP contribution < -0.4 is 9.47 Å². The minimum Gasteiger partial charge on any atom is -0.490 e. The highest BCUT2D eigenvalue weighted by atomic mass is 16.5. The zero-order valence-electron chi connectivity index (χ0n) is 16.6. The Morgan fingerprint density at radius 3 is 2.15 bits per heavy atom. The van der Waals surface area contributed by atoms with E-state index in [1.165, 1.54) is 12.8 Å². The van der Waals surface area contributed by atoms with Crippen molar-refractivity contribution < 1.29 is 18.9 Å². The van der Waals surface area contributed by atoms with Gasteiger partial charge in [0, 0.05) is 19.4 Å². The van der Waals surface area contributed by atoms with Gasteiger partial charge in [-0.25, -0.2) is 0 Å². The molecule has 0 saturated carbocycles. The second-order valence-electron chi connectivity index (χ2n) is 7.12. The standard InChI is InChI=1S/C22H36O4/c1-3-5-12-22(13-6-4-2)14-17-24-19-18-23-15-9-16-25-20-10-7-8-11-21(20)26-22/h7-8,10-11H,3-6,9,12-19H2,1-2H3. The fourth-order valence-corrected chi connectivity index (χ4v) is 3.34. The van der Waals surface area contributed by atoms with Crippen LogP contribution in [-0.4, -0.2) is 38.6 Å². The number of fused-ring (bicyclic) bond motifs is 1. The van der Waals surface area contributed by atoms with E-state index in [-0.39, 0.29) is 5.60 Å².